The second-order valence-electron chi connectivity index (χ2n) is 5.43. The van der Waals surface area contributed by atoms with E-state index in [4.69, 9.17) is 17.3 Å². The monoisotopic (exact) mass is 332 g/mol. The van der Waals surface area contributed by atoms with Gasteiger partial charge in [-0.3, -0.25) is 9.59 Å². The van der Waals surface area contributed by atoms with Gasteiger partial charge in [0.15, 0.2) is 6.54 Å². The third kappa shape index (κ3) is 5.39. The molecule has 0 aliphatic carbocycles. The number of nitrogens with one attached hydrogen (secondary N) is 2. The first-order valence-electron chi connectivity index (χ1n) is 7.19. The molecule has 0 aliphatic heterocycles. The Bertz CT molecular complexity index is 701. The van der Waals surface area contributed by atoms with Gasteiger partial charge in [-0.2, -0.15) is 0 Å². The van der Waals surface area contributed by atoms with Crippen LogP contribution in [-0.4, -0.2) is 25.4 Å². The van der Waals surface area contributed by atoms with E-state index in [9.17, 15) is 9.59 Å². The van der Waals surface area contributed by atoms with E-state index in [1.807, 2.05) is 31.3 Å². The Morgan fingerprint density at radius 1 is 1.17 bits per heavy atom. The van der Waals surface area contributed by atoms with Crippen molar-refractivity contribution in [3.8, 4) is 0 Å². The molecule has 5 nitrogen and oxygen atoms in total. The molecule has 120 valence electrons. The van der Waals surface area contributed by atoms with E-state index in [1.54, 1.807) is 24.3 Å². The SMILES string of the molecule is C[NH+](CC(=O)Nc1ccc(C(N)=O)cc1)Cc1cccc(Cl)c1. The van der Waals surface area contributed by atoms with Gasteiger partial charge in [0.05, 0.1) is 7.05 Å². The molecule has 2 amide bonds. The van der Waals surface area contributed by atoms with Crippen LogP contribution in [0.5, 0.6) is 0 Å². The maximum absolute atomic E-state index is 12.0. The van der Waals surface area contributed by atoms with Gasteiger partial charge in [-0.25, -0.2) is 0 Å². The van der Waals surface area contributed by atoms with E-state index >= 15 is 0 Å². The predicted molar refractivity (Wildman–Crippen MR) is 90.5 cm³/mol. The third-order valence-corrected chi connectivity index (χ3v) is 3.55. The number of rotatable bonds is 6. The first kappa shape index (κ1) is 17.0. The molecular formula is C17H19ClN3O2+. The Morgan fingerprint density at radius 3 is 2.48 bits per heavy atom. The van der Waals surface area contributed by atoms with Crippen molar-refractivity contribution in [3.05, 3.63) is 64.7 Å². The van der Waals surface area contributed by atoms with Gasteiger partial charge in [0, 0.05) is 21.8 Å². The van der Waals surface area contributed by atoms with Crippen LogP contribution in [0.4, 0.5) is 5.69 Å². The number of carbonyl (C=O) groups is 2. The zero-order valence-corrected chi connectivity index (χ0v) is 13.6. The summed E-state index contributed by atoms with van der Waals surface area (Å²) in [5.74, 6) is -0.593. The second kappa shape index (κ2) is 7.76. The van der Waals surface area contributed by atoms with E-state index in [1.165, 1.54) is 0 Å². The summed E-state index contributed by atoms with van der Waals surface area (Å²) in [4.78, 5) is 24.1. The number of halogens is 1. The van der Waals surface area contributed by atoms with E-state index < -0.39 is 5.91 Å². The Morgan fingerprint density at radius 2 is 1.87 bits per heavy atom. The van der Waals surface area contributed by atoms with Gasteiger partial charge in [0.25, 0.3) is 5.91 Å². The summed E-state index contributed by atoms with van der Waals surface area (Å²) in [5.41, 5.74) is 7.30. The molecule has 0 radical (unpaired) electrons. The van der Waals surface area contributed by atoms with Crippen molar-refractivity contribution in [1.82, 2.24) is 0 Å². The number of primary amides is 1. The molecule has 0 bridgehead atoms. The molecule has 0 saturated heterocycles. The highest BCUT2D eigenvalue weighted by molar-refractivity contribution is 6.30. The largest absolute Gasteiger partial charge is 0.366 e. The lowest BCUT2D eigenvalue weighted by atomic mass is 10.2. The molecule has 0 aliphatic rings. The van der Waals surface area contributed by atoms with Gasteiger partial charge >= 0.3 is 0 Å². The van der Waals surface area contributed by atoms with E-state index in [0.717, 1.165) is 10.5 Å². The molecular weight excluding hydrogens is 314 g/mol. The van der Waals surface area contributed by atoms with Gasteiger partial charge in [0.2, 0.25) is 5.91 Å². The summed E-state index contributed by atoms with van der Waals surface area (Å²) in [7, 11) is 1.94. The number of nitrogens with two attached hydrogens (primary N) is 1. The molecule has 1 atom stereocenters. The number of amides is 2. The van der Waals surface area contributed by atoms with Crippen molar-refractivity contribution in [2.45, 2.75) is 6.54 Å². The van der Waals surface area contributed by atoms with Crippen molar-refractivity contribution in [1.29, 1.82) is 0 Å². The highest BCUT2D eigenvalue weighted by atomic mass is 35.5. The van der Waals surface area contributed by atoms with E-state index in [0.29, 0.717) is 29.4 Å². The highest BCUT2D eigenvalue weighted by Crippen LogP contribution is 2.10. The highest BCUT2D eigenvalue weighted by Gasteiger charge is 2.11. The maximum Gasteiger partial charge on any atom is 0.279 e. The number of quaternary nitrogens is 1. The summed E-state index contributed by atoms with van der Waals surface area (Å²) in [6.07, 6.45) is 0. The van der Waals surface area contributed by atoms with Crippen LogP contribution in [0, 0.1) is 0 Å². The molecule has 2 rings (SSSR count). The molecule has 0 fully saturated rings. The molecule has 2 aromatic carbocycles. The number of carbonyl (C=O) groups excluding carboxylic acids is 2. The van der Waals surface area contributed by atoms with Crippen LogP contribution in [-0.2, 0) is 11.3 Å². The molecule has 0 heterocycles. The minimum Gasteiger partial charge on any atom is -0.366 e. The fraction of sp³-hybridized carbons (Fsp3) is 0.176. The summed E-state index contributed by atoms with van der Waals surface area (Å²) in [5, 5.41) is 3.49. The van der Waals surface area contributed by atoms with Crippen molar-refractivity contribution < 1.29 is 14.5 Å². The Balaban J connectivity index is 1.87. The van der Waals surface area contributed by atoms with Crippen molar-refractivity contribution in [3.63, 3.8) is 0 Å². The molecule has 2 aromatic rings. The van der Waals surface area contributed by atoms with Gasteiger partial charge in [0.1, 0.15) is 6.54 Å². The van der Waals surface area contributed by atoms with E-state index in [-0.39, 0.29) is 5.91 Å². The summed E-state index contributed by atoms with van der Waals surface area (Å²) < 4.78 is 0. The Labute approximate surface area is 140 Å². The lowest BCUT2D eigenvalue weighted by Crippen LogP contribution is -3.08. The lowest BCUT2D eigenvalue weighted by Gasteiger charge is -2.14. The smallest absolute Gasteiger partial charge is 0.279 e. The third-order valence-electron chi connectivity index (χ3n) is 3.31. The molecule has 6 heteroatoms. The molecule has 4 N–H and O–H groups in total. The number of hydrogen-bond donors (Lipinski definition) is 3. The predicted octanol–water partition coefficient (Wildman–Crippen LogP) is 1.09. The van der Waals surface area contributed by atoms with Gasteiger partial charge < -0.3 is 16.0 Å². The van der Waals surface area contributed by atoms with Crippen LogP contribution in [0.3, 0.4) is 0 Å². The minimum atomic E-state index is -0.492. The summed E-state index contributed by atoms with van der Waals surface area (Å²) in [6.45, 7) is 1.03. The first-order valence-corrected chi connectivity index (χ1v) is 7.57. The van der Waals surface area contributed by atoms with Crippen molar-refractivity contribution in [2.24, 2.45) is 5.73 Å². The Hall–Kier alpha value is -2.37. The number of benzene rings is 2. The van der Waals surface area contributed by atoms with E-state index in [2.05, 4.69) is 5.32 Å². The quantitative estimate of drug-likeness (QED) is 0.740. The molecule has 1 unspecified atom stereocenters. The molecule has 23 heavy (non-hydrogen) atoms. The number of hydrogen-bond acceptors (Lipinski definition) is 2. The molecule has 0 saturated carbocycles. The second-order valence-corrected chi connectivity index (χ2v) is 5.87. The first-order chi connectivity index (χ1) is 10.9. The fourth-order valence-electron chi connectivity index (χ4n) is 2.25. The van der Waals surface area contributed by atoms with Crippen LogP contribution in [0.2, 0.25) is 5.02 Å². The zero-order valence-electron chi connectivity index (χ0n) is 12.8. The van der Waals surface area contributed by atoms with Crippen LogP contribution < -0.4 is 16.0 Å². The van der Waals surface area contributed by atoms with Crippen LogP contribution in [0.15, 0.2) is 48.5 Å². The van der Waals surface area contributed by atoms with Crippen molar-refractivity contribution >= 4 is 29.1 Å². The normalized spacial score (nSPS) is 11.7. The van der Waals surface area contributed by atoms with Crippen LogP contribution in [0.25, 0.3) is 0 Å². The van der Waals surface area contributed by atoms with Crippen LogP contribution in [0.1, 0.15) is 15.9 Å². The lowest BCUT2D eigenvalue weighted by molar-refractivity contribution is -0.885. The average molecular weight is 333 g/mol. The zero-order chi connectivity index (χ0) is 16.8. The molecule has 0 aromatic heterocycles. The fourth-order valence-corrected chi connectivity index (χ4v) is 2.47. The number of anilines is 1. The van der Waals surface area contributed by atoms with Gasteiger partial charge in [-0.1, -0.05) is 23.7 Å². The minimum absolute atomic E-state index is 0.101. The average Bonchev–Trinajstić information content (AvgIpc) is 2.47. The topological polar surface area (TPSA) is 76.6 Å². The summed E-state index contributed by atoms with van der Waals surface area (Å²) in [6, 6.07) is 14.1. The van der Waals surface area contributed by atoms with Gasteiger partial charge in [-0.15, -0.1) is 0 Å². The standard InChI is InChI=1S/C17H18ClN3O2/c1-21(10-12-3-2-4-14(18)9-12)11-16(22)20-15-7-5-13(6-8-15)17(19)23/h2-9H,10-11H2,1H3,(H2,19,23)(H,20,22)/p+1. The van der Waals surface area contributed by atoms with Crippen molar-refractivity contribution in [2.75, 3.05) is 18.9 Å². The summed E-state index contributed by atoms with van der Waals surface area (Å²) >= 11 is 5.95. The molecule has 0 spiro atoms. The maximum atomic E-state index is 12.0. The van der Waals surface area contributed by atoms with Crippen LogP contribution >= 0.6 is 11.6 Å². The van der Waals surface area contributed by atoms with Gasteiger partial charge in [-0.05, 0) is 36.4 Å². The Kier molecular flexibility index (Phi) is 5.73. The number of likely N-dealkylation sites (N-methyl/N-ethyl adjacent to an activating group) is 1.